The van der Waals surface area contributed by atoms with Gasteiger partial charge in [0.05, 0.1) is 17.9 Å². The third kappa shape index (κ3) is 1.93. The van der Waals surface area contributed by atoms with E-state index in [4.69, 9.17) is 5.11 Å². The predicted octanol–water partition coefficient (Wildman–Crippen LogP) is -0.266. The van der Waals surface area contributed by atoms with E-state index in [0.29, 0.717) is 5.82 Å². The number of hydrogen-bond acceptors (Lipinski definition) is 5. The summed E-state index contributed by atoms with van der Waals surface area (Å²) in [5.41, 5.74) is -0.507. The number of carbonyl (C=O) groups excluding carboxylic acids is 1. The van der Waals surface area contributed by atoms with Crippen molar-refractivity contribution in [2.75, 3.05) is 0 Å². The van der Waals surface area contributed by atoms with Crippen LogP contribution in [-0.4, -0.2) is 37.6 Å². The molecule has 0 bridgehead atoms. The highest BCUT2D eigenvalue weighted by Gasteiger charge is 2.65. The van der Waals surface area contributed by atoms with Crippen LogP contribution in [-0.2, 0) is 9.59 Å². The maximum atomic E-state index is 12.0. The second-order valence-electron chi connectivity index (χ2n) is 5.12. The first-order chi connectivity index (χ1) is 8.35. The van der Waals surface area contributed by atoms with Gasteiger partial charge in [0, 0.05) is 0 Å². The highest BCUT2D eigenvalue weighted by molar-refractivity contribution is 5.91. The van der Waals surface area contributed by atoms with Crippen LogP contribution in [0.5, 0.6) is 0 Å². The van der Waals surface area contributed by atoms with E-state index < -0.39 is 29.3 Å². The number of amides is 1. The molecule has 3 N–H and O–H groups in total. The fourth-order valence-electron chi connectivity index (χ4n) is 2.31. The Hall–Kier alpha value is -1.99. The molecule has 1 heterocycles. The first kappa shape index (κ1) is 12.5. The zero-order valence-corrected chi connectivity index (χ0v) is 10.3. The largest absolute Gasteiger partial charge is 0.481 e. The second-order valence-corrected chi connectivity index (χ2v) is 5.12. The summed E-state index contributed by atoms with van der Waals surface area (Å²) in [6, 6.07) is -0.401. The van der Waals surface area contributed by atoms with Crippen LogP contribution in [0.2, 0.25) is 0 Å². The van der Waals surface area contributed by atoms with E-state index in [1.807, 2.05) is 0 Å². The summed E-state index contributed by atoms with van der Waals surface area (Å²) in [4.78, 5) is 23.0. The molecule has 0 aromatic carbocycles. The number of carboxylic acid groups (broad SMARTS) is 1. The van der Waals surface area contributed by atoms with E-state index in [1.54, 1.807) is 20.8 Å². The summed E-state index contributed by atoms with van der Waals surface area (Å²) in [5.74, 6) is -2.00. The zero-order valence-electron chi connectivity index (χ0n) is 10.3. The summed E-state index contributed by atoms with van der Waals surface area (Å²) in [7, 11) is 0. The Kier molecular flexibility index (Phi) is 2.80. The lowest BCUT2D eigenvalue weighted by atomic mass is 10.1. The number of carboxylic acids is 1. The van der Waals surface area contributed by atoms with Gasteiger partial charge in [0.15, 0.2) is 5.82 Å². The molecule has 8 nitrogen and oxygen atoms in total. The number of aromatic nitrogens is 4. The van der Waals surface area contributed by atoms with Crippen LogP contribution < -0.4 is 5.32 Å². The monoisotopic (exact) mass is 253 g/mol. The van der Waals surface area contributed by atoms with Gasteiger partial charge in [0.25, 0.3) is 0 Å². The molecular weight excluding hydrogens is 238 g/mol. The van der Waals surface area contributed by atoms with Gasteiger partial charge in [-0.1, -0.05) is 19.1 Å². The van der Waals surface area contributed by atoms with Crippen LogP contribution in [0.15, 0.2) is 0 Å². The molecule has 1 fully saturated rings. The van der Waals surface area contributed by atoms with Crippen molar-refractivity contribution < 1.29 is 14.7 Å². The molecule has 2 rings (SSSR count). The molecule has 1 saturated carbocycles. The van der Waals surface area contributed by atoms with Gasteiger partial charge in [-0.2, -0.15) is 5.21 Å². The molecule has 1 aliphatic rings. The van der Waals surface area contributed by atoms with Crippen molar-refractivity contribution in [1.29, 1.82) is 0 Å². The van der Waals surface area contributed by atoms with Gasteiger partial charge in [-0.15, -0.1) is 10.2 Å². The number of tetrazole rings is 1. The third-order valence-electron chi connectivity index (χ3n) is 3.48. The highest BCUT2D eigenvalue weighted by Crippen LogP contribution is 2.58. The number of nitrogens with zero attached hydrogens (tertiary/aromatic N) is 3. The van der Waals surface area contributed by atoms with Gasteiger partial charge in [-0.25, -0.2) is 0 Å². The SMILES string of the molecule is CC(NC(=O)[C@H]1[C@@H](C(=O)O)C1(C)C)c1nn[nH]n1. The third-order valence-corrected chi connectivity index (χ3v) is 3.48. The minimum absolute atomic E-state index is 0.287. The average Bonchev–Trinajstić information content (AvgIpc) is 2.67. The van der Waals surface area contributed by atoms with Crippen molar-refractivity contribution in [3.63, 3.8) is 0 Å². The Labute approximate surface area is 103 Å². The normalized spacial score (nSPS) is 26.4. The van der Waals surface area contributed by atoms with Crippen LogP contribution in [0, 0.1) is 17.3 Å². The molecular formula is C10H15N5O3. The van der Waals surface area contributed by atoms with E-state index in [9.17, 15) is 9.59 Å². The lowest BCUT2D eigenvalue weighted by molar-refractivity contribution is -0.140. The number of rotatable bonds is 4. The second kappa shape index (κ2) is 4.04. The molecule has 1 aromatic heterocycles. The summed E-state index contributed by atoms with van der Waals surface area (Å²) < 4.78 is 0. The molecule has 3 atom stereocenters. The molecule has 18 heavy (non-hydrogen) atoms. The van der Waals surface area contributed by atoms with Crippen LogP contribution in [0.25, 0.3) is 0 Å². The van der Waals surface area contributed by atoms with Crippen molar-refractivity contribution in [1.82, 2.24) is 25.9 Å². The van der Waals surface area contributed by atoms with Crippen LogP contribution in [0.4, 0.5) is 0 Å². The van der Waals surface area contributed by atoms with Crippen molar-refractivity contribution in [3.05, 3.63) is 5.82 Å². The van der Waals surface area contributed by atoms with Gasteiger partial charge in [-0.3, -0.25) is 9.59 Å². The van der Waals surface area contributed by atoms with E-state index >= 15 is 0 Å². The Balaban J connectivity index is 2.00. The molecule has 0 spiro atoms. The molecule has 1 amide bonds. The van der Waals surface area contributed by atoms with E-state index in [-0.39, 0.29) is 5.91 Å². The smallest absolute Gasteiger partial charge is 0.307 e. The molecule has 1 aromatic rings. The minimum Gasteiger partial charge on any atom is -0.481 e. The molecule has 98 valence electrons. The number of aromatic amines is 1. The molecule has 0 radical (unpaired) electrons. The molecule has 0 aliphatic heterocycles. The summed E-state index contributed by atoms with van der Waals surface area (Å²) in [5, 5.41) is 24.9. The predicted molar refractivity (Wildman–Crippen MR) is 59.1 cm³/mol. The van der Waals surface area contributed by atoms with Gasteiger partial charge < -0.3 is 10.4 Å². The van der Waals surface area contributed by atoms with Gasteiger partial charge in [0.2, 0.25) is 5.91 Å². The van der Waals surface area contributed by atoms with Crippen molar-refractivity contribution in [3.8, 4) is 0 Å². The average molecular weight is 253 g/mol. The van der Waals surface area contributed by atoms with E-state index in [0.717, 1.165) is 0 Å². The van der Waals surface area contributed by atoms with E-state index in [2.05, 4.69) is 25.9 Å². The quantitative estimate of drug-likeness (QED) is 0.679. The topological polar surface area (TPSA) is 121 Å². The van der Waals surface area contributed by atoms with Crippen LogP contribution >= 0.6 is 0 Å². The fraction of sp³-hybridized carbons (Fsp3) is 0.700. The van der Waals surface area contributed by atoms with Crippen LogP contribution in [0.3, 0.4) is 0 Å². The number of hydrogen-bond donors (Lipinski definition) is 3. The molecule has 8 heteroatoms. The van der Waals surface area contributed by atoms with Gasteiger partial charge in [-0.05, 0) is 12.3 Å². The highest BCUT2D eigenvalue weighted by atomic mass is 16.4. The van der Waals surface area contributed by atoms with Gasteiger partial charge in [0.1, 0.15) is 0 Å². The number of aliphatic carboxylic acids is 1. The Morgan fingerprint density at radius 2 is 2.11 bits per heavy atom. The van der Waals surface area contributed by atoms with Crippen LogP contribution in [0.1, 0.15) is 32.6 Å². The van der Waals surface area contributed by atoms with Crippen molar-refractivity contribution >= 4 is 11.9 Å². The summed E-state index contributed by atoms with van der Waals surface area (Å²) in [6.07, 6.45) is 0. The van der Waals surface area contributed by atoms with Gasteiger partial charge >= 0.3 is 5.97 Å². The molecule has 1 unspecified atom stereocenters. The number of H-pyrrole nitrogens is 1. The Bertz CT molecular complexity index is 470. The lowest BCUT2D eigenvalue weighted by Crippen LogP contribution is -2.30. The first-order valence-electron chi connectivity index (χ1n) is 5.62. The molecule has 1 aliphatic carbocycles. The van der Waals surface area contributed by atoms with Crippen molar-refractivity contribution in [2.45, 2.75) is 26.8 Å². The number of nitrogens with one attached hydrogen (secondary N) is 2. The molecule has 0 saturated heterocycles. The maximum Gasteiger partial charge on any atom is 0.307 e. The standard InChI is InChI=1S/C10H15N5O3/c1-4(7-12-14-15-13-7)11-8(16)5-6(9(17)18)10(5,2)3/h4-6H,1-3H3,(H,11,16)(H,17,18)(H,12,13,14,15)/t4?,5-,6+/m1/s1. The zero-order chi connectivity index (χ0) is 13.5. The van der Waals surface area contributed by atoms with E-state index in [1.165, 1.54) is 0 Å². The summed E-state index contributed by atoms with van der Waals surface area (Å²) >= 11 is 0. The number of carbonyl (C=O) groups is 2. The van der Waals surface area contributed by atoms with Crippen molar-refractivity contribution in [2.24, 2.45) is 17.3 Å². The Morgan fingerprint density at radius 1 is 1.44 bits per heavy atom. The fourth-order valence-corrected chi connectivity index (χ4v) is 2.31. The first-order valence-corrected chi connectivity index (χ1v) is 5.62. The maximum absolute atomic E-state index is 12.0. The lowest BCUT2D eigenvalue weighted by Gasteiger charge is -2.10. The summed E-state index contributed by atoms with van der Waals surface area (Å²) in [6.45, 7) is 5.26. The Morgan fingerprint density at radius 3 is 2.56 bits per heavy atom. The minimum atomic E-state index is -0.938.